The van der Waals surface area contributed by atoms with Crippen LogP contribution < -0.4 is 5.32 Å². The molecule has 0 fully saturated rings. The minimum absolute atomic E-state index is 0.0819. The van der Waals surface area contributed by atoms with E-state index in [9.17, 15) is 4.79 Å². The molecule has 0 aromatic heterocycles. The number of rotatable bonds is 13. The fraction of sp³-hybridized carbons (Fsp3) is 0.938. The second-order valence-corrected chi connectivity index (χ2v) is 6.12. The van der Waals surface area contributed by atoms with E-state index in [4.69, 9.17) is 11.6 Å². The van der Waals surface area contributed by atoms with Gasteiger partial charge in [-0.15, -0.1) is 0 Å². The van der Waals surface area contributed by atoms with E-state index >= 15 is 0 Å². The number of alkyl halides is 1. The Morgan fingerprint density at radius 1 is 0.895 bits per heavy atom. The third-order valence-corrected chi connectivity index (χ3v) is 3.48. The maximum Gasteiger partial charge on any atom is 0.221 e. The van der Waals surface area contributed by atoms with Crippen molar-refractivity contribution in [3.63, 3.8) is 0 Å². The molecular formula is C16H32ClNO. The van der Waals surface area contributed by atoms with Crippen molar-refractivity contribution in [3.05, 3.63) is 0 Å². The highest BCUT2D eigenvalue weighted by atomic mass is 35.5. The summed E-state index contributed by atoms with van der Waals surface area (Å²) < 4.78 is 0. The lowest BCUT2D eigenvalue weighted by atomic mass is 10.1. The Kier molecular flexibility index (Phi) is 14.0. The second-order valence-electron chi connectivity index (χ2n) is 5.47. The largest absolute Gasteiger partial charge is 0.340 e. The molecule has 0 aliphatic heterocycles. The van der Waals surface area contributed by atoms with E-state index in [0.717, 1.165) is 6.42 Å². The Bertz CT molecular complexity index is 207. The summed E-state index contributed by atoms with van der Waals surface area (Å²) in [4.78, 5) is 11.3. The summed E-state index contributed by atoms with van der Waals surface area (Å²) in [6, 6.07) is 0. The van der Waals surface area contributed by atoms with Crippen LogP contribution in [-0.2, 0) is 4.79 Å². The highest BCUT2D eigenvalue weighted by Gasteiger charge is 2.03. The van der Waals surface area contributed by atoms with Crippen LogP contribution in [0.5, 0.6) is 0 Å². The zero-order chi connectivity index (χ0) is 14.3. The van der Waals surface area contributed by atoms with E-state index in [1.54, 1.807) is 6.92 Å². The van der Waals surface area contributed by atoms with Gasteiger partial charge in [0.15, 0.2) is 0 Å². The van der Waals surface area contributed by atoms with Crippen molar-refractivity contribution in [1.82, 2.24) is 5.32 Å². The summed E-state index contributed by atoms with van der Waals surface area (Å²) in [5, 5.41) is 2.70. The van der Waals surface area contributed by atoms with Gasteiger partial charge in [-0.05, 0) is 13.3 Å². The van der Waals surface area contributed by atoms with Crippen molar-refractivity contribution in [1.29, 1.82) is 0 Å². The molecule has 0 aromatic carbocycles. The molecule has 1 amide bonds. The highest BCUT2D eigenvalue weighted by Crippen LogP contribution is 2.11. The first-order chi connectivity index (χ1) is 9.16. The van der Waals surface area contributed by atoms with Crippen LogP contribution in [0.25, 0.3) is 0 Å². The number of carbonyl (C=O) groups is 1. The molecule has 0 aromatic rings. The zero-order valence-electron chi connectivity index (χ0n) is 12.8. The number of hydrogen-bond donors (Lipinski definition) is 1. The van der Waals surface area contributed by atoms with Gasteiger partial charge >= 0.3 is 0 Å². The van der Waals surface area contributed by atoms with Gasteiger partial charge in [-0.25, -0.2) is 0 Å². The summed E-state index contributed by atoms with van der Waals surface area (Å²) in [5.74, 6) is 0.0819. The first-order valence-corrected chi connectivity index (χ1v) is 8.54. The molecular weight excluding hydrogens is 258 g/mol. The molecule has 0 rings (SSSR count). The van der Waals surface area contributed by atoms with Gasteiger partial charge in [0, 0.05) is 6.42 Å². The Hall–Kier alpha value is -0.240. The van der Waals surface area contributed by atoms with Crippen LogP contribution in [0, 0.1) is 0 Å². The van der Waals surface area contributed by atoms with Crippen molar-refractivity contribution >= 4 is 17.5 Å². The van der Waals surface area contributed by atoms with E-state index < -0.39 is 0 Å². The van der Waals surface area contributed by atoms with Gasteiger partial charge in [-0.2, -0.15) is 0 Å². The van der Waals surface area contributed by atoms with Crippen LogP contribution in [0.1, 0.15) is 90.9 Å². The number of hydrogen-bond acceptors (Lipinski definition) is 1. The molecule has 1 unspecified atom stereocenters. The maximum absolute atomic E-state index is 11.3. The van der Waals surface area contributed by atoms with Crippen molar-refractivity contribution < 1.29 is 4.79 Å². The Labute approximate surface area is 124 Å². The number of nitrogens with one attached hydrogen (secondary N) is 1. The molecule has 2 nitrogen and oxygen atoms in total. The Morgan fingerprint density at radius 2 is 1.32 bits per heavy atom. The lowest BCUT2D eigenvalue weighted by Gasteiger charge is -2.06. The summed E-state index contributed by atoms with van der Waals surface area (Å²) in [5.41, 5.74) is -0.250. The first-order valence-electron chi connectivity index (χ1n) is 8.10. The van der Waals surface area contributed by atoms with Crippen LogP contribution >= 0.6 is 11.6 Å². The molecule has 3 heteroatoms. The van der Waals surface area contributed by atoms with Crippen molar-refractivity contribution in [2.24, 2.45) is 0 Å². The Morgan fingerprint density at radius 3 is 1.74 bits per heavy atom. The fourth-order valence-electron chi connectivity index (χ4n) is 2.24. The van der Waals surface area contributed by atoms with E-state index in [-0.39, 0.29) is 11.4 Å². The van der Waals surface area contributed by atoms with Crippen LogP contribution in [0.2, 0.25) is 0 Å². The van der Waals surface area contributed by atoms with Crippen LogP contribution in [0.15, 0.2) is 0 Å². The standard InChI is InChI=1S/C16H32ClNO/c1-3-4-5-6-7-8-9-10-11-12-13-14-16(19)18-15(2)17/h15H,3-14H2,1-2H3,(H,18,19). The van der Waals surface area contributed by atoms with Gasteiger partial charge in [-0.3, -0.25) is 4.79 Å². The fourth-order valence-corrected chi connectivity index (χ4v) is 2.37. The molecule has 114 valence electrons. The molecule has 0 radical (unpaired) electrons. The summed E-state index contributed by atoms with van der Waals surface area (Å²) >= 11 is 5.68. The highest BCUT2D eigenvalue weighted by molar-refractivity contribution is 6.21. The molecule has 19 heavy (non-hydrogen) atoms. The van der Waals surface area contributed by atoms with Crippen LogP contribution in [0.4, 0.5) is 0 Å². The quantitative estimate of drug-likeness (QED) is 0.275. The molecule has 0 bridgehead atoms. The third kappa shape index (κ3) is 15.7. The molecule has 1 N–H and O–H groups in total. The van der Waals surface area contributed by atoms with Gasteiger partial charge in [0.1, 0.15) is 5.50 Å². The van der Waals surface area contributed by atoms with Crippen molar-refractivity contribution in [2.75, 3.05) is 0 Å². The van der Waals surface area contributed by atoms with Crippen LogP contribution in [0.3, 0.4) is 0 Å². The Balaban J connectivity index is 3.08. The van der Waals surface area contributed by atoms with Crippen molar-refractivity contribution in [3.8, 4) is 0 Å². The predicted molar refractivity (Wildman–Crippen MR) is 84.5 cm³/mol. The molecule has 0 aliphatic carbocycles. The molecule has 0 saturated carbocycles. The zero-order valence-corrected chi connectivity index (χ0v) is 13.6. The van der Waals surface area contributed by atoms with Gasteiger partial charge in [-0.1, -0.05) is 82.7 Å². The first kappa shape index (κ1) is 18.8. The average Bonchev–Trinajstić information content (AvgIpc) is 2.35. The number of unbranched alkanes of at least 4 members (excludes halogenated alkanes) is 10. The number of carbonyl (C=O) groups excluding carboxylic acids is 1. The molecule has 0 heterocycles. The molecule has 0 aliphatic rings. The summed E-state index contributed by atoms with van der Waals surface area (Å²) in [7, 11) is 0. The normalized spacial score (nSPS) is 12.4. The number of amides is 1. The van der Waals surface area contributed by atoms with Crippen LogP contribution in [-0.4, -0.2) is 11.4 Å². The van der Waals surface area contributed by atoms with E-state index in [1.807, 2.05) is 0 Å². The second kappa shape index (κ2) is 14.2. The smallest absolute Gasteiger partial charge is 0.221 e. The summed E-state index contributed by atoms with van der Waals surface area (Å²) in [6.07, 6.45) is 15.0. The lowest BCUT2D eigenvalue weighted by Crippen LogP contribution is -2.28. The third-order valence-electron chi connectivity index (χ3n) is 3.37. The van der Waals surface area contributed by atoms with Gasteiger partial charge < -0.3 is 5.32 Å². The molecule has 0 spiro atoms. The molecule has 1 atom stereocenters. The minimum Gasteiger partial charge on any atom is -0.340 e. The van der Waals surface area contributed by atoms with Gasteiger partial charge in [0.05, 0.1) is 0 Å². The van der Waals surface area contributed by atoms with E-state index in [1.165, 1.54) is 64.2 Å². The minimum atomic E-state index is -0.250. The summed E-state index contributed by atoms with van der Waals surface area (Å²) in [6.45, 7) is 4.04. The monoisotopic (exact) mass is 289 g/mol. The maximum atomic E-state index is 11.3. The lowest BCUT2D eigenvalue weighted by molar-refractivity contribution is -0.121. The van der Waals surface area contributed by atoms with Gasteiger partial charge in [0.2, 0.25) is 5.91 Å². The predicted octanol–water partition coefficient (Wildman–Crippen LogP) is 5.39. The van der Waals surface area contributed by atoms with Gasteiger partial charge in [0.25, 0.3) is 0 Å². The van der Waals surface area contributed by atoms with E-state index in [2.05, 4.69) is 12.2 Å². The SMILES string of the molecule is CCCCCCCCCCCCCC(=O)NC(C)Cl. The number of halogens is 1. The molecule has 0 saturated heterocycles. The topological polar surface area (TPSA) is 29.1 Å². The van der Waals surface area contributed by atoms with Crippen molar-refractivity contribution in [2.45, 2.75) is 96.4 Å². The average molecular weight is 290 g/mol. The van der Waals surface area contributed by atoms with E-state index in [0.29, 0.717) is 6.42 Å².